The van der Waals surface area contributed by atoms with Crippen LogP contribution in [0.25, 0.3) is 0 Å². The summed E-state index contributed by atoms with van der Waals surface area (Å²) in [4.78, 5) is 16.0. The van der Waals surface area contributed by atoms with Gasteiger partial charge in [0.2, 0.25) is 5.90 Å². The quantitative estimate of drug-likeness (QED) is 0.800. The zero-order valence-electron chi connectivity index (χ0n) is 9.87. The molecule has 1 aliphatic rings. The Labute approximate surface area is 120 Å². The van der Waals surface area contributed by atoms with Gasteiger partial charge in [-0.3, -0.25) is 0 Å². The lowest BCUT2D eigenvalue weighted by molar-refractivity contribution is 0.0736. The first-order chi connectivity index (χ1) is 8.54. The Bertz CT molecular complexity index is 531. The molecule has 0 radical (unpaired) electrons. The van der Waals surface area contributed by atoms with E-state index in [1.54, 1.807) is 23.9 Å². The number of carbonyl (C=O) groups is 1. The summed E-state index contributed by atoms with van der Waals surface area (Å²) in [5.74, 6) is 0.678. The Balaban J connectivity index is 2.46. The number of carbonyl (C=O) groups excluding carboxylic acids is 1. The van der Waals surface area contributed by atoms with Crippen molar-refractivity contribution < 1.29 is 9.53 Å². The summed E-state index contributed by atoms with van der Waals surface area (Å²) in [5, 5.41) is 0.703. The van der Waals surface area contributed by atoms with Crippen LogP contribution in [0.4, 0.5) is 0 Å². The molecule has 0 aromatic heterocycles. The van der Waals surface area contributed by atoms with E-state index in [2.05, 4.69) is 4.99 Å². The maximum absolute atomic E-state index is 11.7. The lowest BCUT2D eigenvalue weighted by Gasteiger charge is -2.06. The number of hydrogen-bond donors (Lipinski definition) is 0. The zero-order chi connectivity index (χ0) is 13.3. The first-order valence-corrected chi connectivity index (χ1v) is 7.47. The summed E-state index contributed by atoms with van der Waals surface area (Å²) in [5.41, 5.74) is 0.918. The number of hydrogen-bond acceptors (Lipinski definition) is 4. The predicted octanol–water partition coefficient (Wildman–Crippen LogP) is 3.66. The number of aliphatic imine (C=N–C) groups is 1. The number of fused-ring (bicyclic) bond motifs is 1. The van der Waals surface area contributed by atoms with E-state index in [1.165, 1.54) is 0 Å². The fraction of sp³-hybridized carbons (Fsp3) is 0.333. The number of esters is 1. The highest BCUT2D eigenvalue weighted by Gasteiger charge is 2.31. The monoisotopic (exact) mass is 303 g/mol. The van der Waals surface area contributed by atoms with Gasteiger partial charge in [-0.2, -0.15) is 11.8 Å². The fourth-order valence-electron chi connectivity index (χ4n) is 1.69. The summed E-state index contributed by atoms with van der Waals surface area (Å²) >= 11 is 13.7. The second kappa shape index (κ2) is 5.51. The van der Waals surface area contributed by atoms with Crippen molar-refractivity contribution in [3.05, 3.63) is 33.3 Å². The van der Waals surface area contributed by atoms with E-state index in [0.717, 1.165) is 5.75 Å². The van der Waals surface area contributed by atoms with E-state index in [4.69, 9.17) is 27.9 Å². The van der Waals surface area contributed by atoms with Gasteiger partial charge in [0.15, 0.2) is 0 Å². The molecule has 0 saturated carbocycles. The molecule has 1 aromatic rings. The largest absolute Gasteiger partial charge is 0.403 e. The van der Waals surface area contributed by atoms with Crippen LogP contribution in [-0.2, 0) is 4.74 Å². The molecule has 0 unspecified atom stereocenters. The van der Waals surface area contributed by atoms with Gasteiger partial charge in [0.1, 0.15) is 0 Å². The van der Waals surface area contributed by atoms with Crippen LogP contribution in [0.2, 0.25) is 10.0 Å². The van der Waals surface area contributed by atoms with Crippen molar-refractivity contribution in [2.75, 3.05) is 12.0 Å². The molecule has 2 rings (SSSR count). The number of halogens is 2. The Morgan fingerprint density at radius 1 is 1.44 bits per heavy atom. The summed E-state index contributed by atoms with van der Waals surface area (Å²) < 4.78 is 5.14. The Kier molecular flexibility index (Phi) is 4.20. The average molecular weight is 304 g/mol. The number of thioether (sulfide) groups is 1. The van der Waals surface area contributed by atoms with Gasteiger partial charge in [-0.15, -0.1) is 0 Å². The number of cyclic esters (lactones) is 1. The normalized spacial score (nSPS) is 17.8. The van der Waals surface area contributed by atoms with Crippen molar-refractivity contribution in [2.24, 2.45) is 4.99 Å². The second-order valence-electron chi connectivity index (χ2n) is 3.91. The summed E-state index contributed by atoms with van der Waals surface area (Å²) in [7, 11) is 0. The van der Waals surface area contributed by atoms with Crippen LogP contribution in [0.3, 0.4) is 0 Å². The number of benzene rings is 1. The molecule has 0 amide bonds. The van der Waals surface area contributed by atoms with E-state index in [9.17, 15) is 4.79 Å². The van der Waals surface area contributed by atoms with Crippen molar-refractivity contribution in [1.82, 2.24) is 0 Å². The molecule has 0 N–H and O–H groups in total. The van der Waals surface area contributed by atoms with Gasteiger partial charge in [0.25, 0.3) is 0 Å². The maximum atomic E-state index is 11.7. The van der Waals surface area contributed by atoms with E-state index in [-0.39, 0.29) is 11.9 Å². The number of ether oxygens (including phenoxy) is 1. The molecular weight excluding hydrogens is 293 g/mol. The van der Waals surface area contributed by atoms with Crippen LogP contribution in [-0.4, -0.2) is 29.9 Å². The van der Waals surface area contributed by atoms with Crippen molar-refractivity contribution in [1.29, 1.82) is 0 Å². The molecule has 3 nitrogen and oxygen atoms in total. The van der Waals surface area contributed by atoms with E-state index in [0.29, 0.717) is 21.2 Å². The minimum atomic E-state index is -0.432. The van der Waals surface area contributed by atoms with E-state index < -0.39 is 5.97 Å². The molecule has 0 saturated heterocycles. The van der Waals surface area contributed by atoms with Gasteiger partial charge in [-0.05, 0) is 25.3 Å². The molecule has 1 atom stereocenters. The molecule has 1 aliphatic heterocycles. The molecule has 0 fully saturated rings. The fourth-order valence-corrected chi connectivity index (χ4v) is 2.65. The summed E-state index contributed by atoms with van der Waals surface area (Å²) in [6.07, 6.45) is 2.00. The number of rotatable bonds is 3. The van der Waals surface area contributed by atoms with Crippen LogP contribution >= 0.6 is 35.0 Å². The Morgan fingerprint density at radius 2 is 2.17 bits per heavy atom. The van der Waals surface area contributed by atoms with Gasteiger partial charge in [0, 0.05) is 5.75 Å². The standard InChI is InChI=1S/C12H11Cl2NO2S/c1-6(5-18-2)15-11-9-7(12(16)17-11)3-4-8(13)10(9)14/h3-4,6H,5H2,1-2H3/b15-11-/t6-/m0/s1. The maximum Gasteiger partial charge on any atom is 0.345 e. The highest BCUT2D eigenvalue weighted by Crippen LogP contribution is 2.33. The molecule has 0 spiro atoms. The van der Waals surface area contributed by atoms with Crippen LogP contribution in [0.15, 0.2) is 17.1 Å². The summed E-state index contributed by atoms with van der Waals surface area (Å²) in [6.45, 7) is 1.95. The molecule has 18 heavy (non-hydrogen) atoms. The van der Waals surface area contributed by atoms with Crippen LogP contribution in [0.1, 0.15) is 22.8 Å². The molecule has 1 aromatic carbocycles. The van der Waals surface area contributed by atoms with Crippen LogP contribution < -0.4 is 0 Å². The average Bonchev–Trinajstić information content (AvgIpc) is 2.61. The third-order valence-electron chi connectivity index (χ3n) is 2.46. The predicted molar refractivity (Wildman–Crippen MR) is 76.3 cm³/mol. The van der Waals surface area contributed by atoms with Crippen LogP contribution in [0.5, 0.6) is 0 Å². The highest BCUT2D eigenvalue weighted by atomic mass is 35.5. The zero-order valence-corrected chi connectivity index (χ0v) is 12.2. The van der Waals surface area contributed by atoms with Gasteiger partial charge >= 0.3 is 5.97 Å². The van der Waals surface area contributed by atoms with Gasteiger partial charge in [-0.1, -0.05) is 23.2 Å². The molecule has 0 bridgehead atoms. The Hall–Kier alpha value is -0.710. The van der Waals surface area contributed by atoms with Crippen LogP contribution in [0, 0.1) is 0 Å². The number of nitrogens with zero attached hydrogens (tertiary/aromatic N) is 1. The third kappa shape index (κ3) is 2.51. The Morgan fingerprint density at radius 3 is 2.83 bits per heavy atom. The third-order valence-corrected chi connectivity index (χ3v) is 4.08. The lowest BCUT2D eigenvalue weighted by atomic mass is 10.1. The van der Waals surface area contributed by atoms with E-state index in [1.807, 2.05) is 13.2 Å². The van der Waals surface area contributed by atoms with Gasteiger partial charge < -0.3 is 4.74 Å². The SMILES string of the molecule is CSC[C@H](C)/N=C1\OC(=O)c2ccc(Cl)c(Cl)c21. The smallest absolute Gasteiger partial charge is 0.345 e. The molecule has 96 valence electrons. The van der Waals surface area contributed by atoms with Crippen molar-refractivity contribution in [3.63, 3.8) is 0 Å². The van der Waals surface area contributed by atoms with Crippen molar-refractivity contribution in [3.8, 4) is 0 Å². The van der Waals surface area contributed by atoms with Crippen molar-refractivity contribution in [2.45, 2.75) is 13.0 Å². The molecule has 6 heteroatoms. The molecule has 0 aliphatic carbocycles. The topological polar surface area (TPSA) is 38.7 Å². The first-order valence-electron chi connectivity index (χ1n) is 5.32. The minimum Gasteiger partial charge on any atom is -0.403 e. The van der Waals surface area contributed by atoms with E-state index >= 15 is 0 Å². The van der Waals surface area contributed by atoms with Gasteiger partial charge in [-0.25, -0.2) is 9.79 Å². The van der Waals surface area contributed by atoms with Gasteiger partial charge in [0.05, 0.1) is 27.2 Å². The molecular formula is C12H11Cl2NO2S. The first kappa shape index (κ1) is 13.7. The lowest BCUT2D eigenvalue weighted by Crippen LogP contribution is -2.09. The minimum absolute atomic E-state index is 0.0452. The molecule has 1 heterocycles. The highest BCUT2D eigenvalue weighted by molar-refractivity contribution is 7.98. The van der Waals surface area contributed by atoms with Crippen molar-refractivity contribution >= 4 is 46.8 Å². The second-order valence-corrected chi connectivity index (χ2v) is 5.61. The summed E-state index contributed by atoms with van der Waals surface area (Å²) in [6, 6.07) is 3.23.